The molecule has 0 spiro atoms. The molecule has 2 aliphatic carbocycles. The number of nitrogens with one attached hydrogen (secondary N) is 2. The third-order valence-corrected chi connectivity index (χ3v) is 6.43. The maximum atomic E-state index is 13.3. The highest BCUT2D eigenvalue weighted by molar-refractivity contribution is 5.96. The van der Waals surface area contributed by atoms with Gasteiger partial charge in [0, 0.05) is 24.7 Å². The number of hydrogen-bond acceptors (Lipinski definition) is 6. The van der Waals surface area contributed by atoms with Gasteiger partial charge in [0.25, 0.3) is 0 Å². The summed E-state index contributed by atoms with van der Waals surface area (Å²) in [6, 6.07) is 3.04. The Hall–Kier alpha value is -2.97. The Bertz CT molecular complexity index is 999. The molecule has 34 heavy (non-hydrogen) atoms. The number of rotatable bonds is 6. The lowest BCUT2D eigenvalue weighted by Gasteiger charge is -2.28. The molecule has 0 bridgehead atoms. The van der Waals surface area contributed by atoms with Crippen molar-refractivity contribution in [1.82, 2.24) is 25.3 Å². The number of carbonyl (C=O) groups excluding carboxylic acids is 2. The van der Waals surface area contributed by atoms with Crippen molar-refractivity contribution in [2.45, 2.75) is 89.7 Å². The minimum absolute atomic E-state index is 0.0657. The summed E-state index contributed by atoms with van der Waals surface area (Å²) in [4.78, 5) is 30.3. The molecule has 2 aliphatic rings. The maximum absolute atomic E-state index is 13.3. The molecule has 0 saturated heterocycles. The zero-order valence-electron chi connectivity index (χ0n) is 20.6. The van der Waals surface area contributed by atoms with Crippen molar-refractivity contribution in [3.8, 4) is 11.3 Å². The summed E-state index contributed by atoms with van der Waals surface area (Å²) in [6.07, 6.45) is 9.67. The Kier molecular flexibility index (Phi) is 7.19. The van der Waals surface area contributed by atoms with Crippen LogP contribution in [0.2, 0.25) is 0 Å². The van der Waals surface area contributed by atoms with Crippen LogP contribution >= 0.6 is 0 Å². The van der Waals surface area contributed by atoms with E-state index in [0.29, 0.717) is 11.7 Å². The summed E-state index contributed by atoms with van der Waals surface area (Å²) < 4.78 is 7.21. The van der Waals surface area contributed by atoms with Gasteiger partial charge in [-0.05, 0) is 64.5 Å². The molecule has 2 fully saturated rings. The Morgan fingerprint density at radius 2 is 1.79 bits per heavy atom. The van der Waals surface area contributed by atoms with Crippen LogP contribution in [-0.4, -0.2) is 43.6 Å². The molecule has 4 rings (SSSR count). The van der Waals surface area contributed by atoms with Crippen molar-refractivity contribution < 1.29 is 14.3 Å². The van der Waals surface area contributed by atoms with Crippen LogP contribution in [0, 0.1) is 5.92 Å². The average Bonchev–Trinajstić information content (AvgIpc) is 3.58. The number of pyridine rings is 1. The molecule has 2 N–H and O–H groups in total. The maximum Gasteiger partial charge on any atom is 0.408 e. The fraction of sp³-hybridized carbons (Fsp3) is 0.640. The smallest absolute Gasteiger partial charge is 0.408 e. The van der Waals surface area contributed by atoms with Crippen LogP contribution in [0.5, 0.6) is 0 Å². The van der Waals surface area contributed by atoms with Gasteiger partial charge in [-0.3, -0.25) is 4.79 Å². The molecule has 9 heteroatoms. The largest absolute Gasteiger partial charge is 0.444 e. The van der Waals surface area contributed by atoms with E-state index in [4.69, 9.17) is 4.74 Å². The van der Waals surface area contributed by atoms with Crippen LogP contribution in [0.25, 0.3) is 11.3 Å². The molecule has 2 aromatic heterocycles. The minimum atomic E-state index is -0.669. The summed E-state index contributed by atoms with van der Waals surface area (Å²) >= 11 is 0. The summed E-state index contributed by atoms with van der Waals surface area (Å²) in [7, 11) is 1.88. The predicted octanol–water partition coefficient (Wildman–Crippen LogP) is 4.56. The van der Waals surface area contributed by atoms with Gasteiger partial charge in [0.2, 0.25) is 5.91 Å². The van der Waals surface area contributed by atoms with Crippen LogP contribution in [0.4, 0.5) is 10.6 Å². The summed E-state index contributed by atoms with van der Waals surface area (Å²) in [5.41, 5.74) is 2.26. The Labute approximate surface area is 201 Å². The second kappa shape index (κ2) is 10.1. The topological polar surface area (TPSA) is 111 Å². The van der Waals surface area contributed by atoms with Gasteiger partial charge in [-0.2, -0.15) is 0 Å². The lowest BCUT2D eigenvalue weighted by Crippen LogP contribution is -2.50. The number of carbonyl (C=O) groups is 2. The third kappa shape index (κ3) is 6.12. The van der Waals surface area contributed by atoms with Crippen LogP contribution < -0.4 is 10.6 Å². The van der Waals surface area contributed by atoms with Gasteiger partial charge in [-0.25, -0.2) is 14.5 Å². The first-order valence-electron chi connectivity index (χ1n) is 12.4. The van der Waals surface area contributed by atoms with E-state index in [1.165, 1.54) is 0 Å². The van der Waals surface area contributed by atoms with Gasteiger partial charge < -0.3 is 15.4 Å². The standard InChI is InChI=1S/C25H36N6O3/c1-25(2,3)34-24(33)28-21(16-9-7-5-6-8-10-16)23(32)27-19-14-13-18(15-26-19)22-20(17-11-12-17)29-30-31(22)4/h13-17,21H,5-12H2,1-4H3,(H,28,33)(H,26,27,32). The summed E-state index contributed by atoms with van der Waals surface area (Å²) in [5, 5.41) is 14.2. The van der Waals surface area contributed by atoms with E-state index < -0.39 is 17.7 Å². The van der Waals surface area contributed by atoms with Gasteiger partial charge in [0.15, 0.2) is 0 Å². The molecule has 1 atom stereocenters. The van der Waals surface area contributed by atoms with E-state index in [2.05, 4.69) is 25.9 Å². The highest BCUT2D eigenvalue weighted by atomic mass is 16.6. The summed E-state index contributed by atoms with van der Waals surface area (Å²) in [6.45, 7) is 5.43. The minimum Gasteiger partial charge on any atom is -0.444 e. The van der Waals surface area contributed by atoms with E-state index in [0.717, 1.165) is 68.3 Å². The zero-order chi connectivity index (χ0) is 24.3. The zero-order valence-corrected chi connectivity index (χ0v) is 20.6. The molecule has 2 heterocycles. The van der Waals surface area contributed by atoms with E-state index >= 15 is 0 Å². The number of ether oxygens (including phenoxy) is 1. The van der Waals surface area contributed by atoms with Crippen molar-refractivity contribution in [1.29, 1.82) is 0 Å². The van der Waals surface area contributed by atoms with E-state index in [1.807, 2.05) is 33.9 Å². The van der Waals surface area contributed by atoms with Crippen molar-refractivity contribution in [2.24, 2.45) is 13.0 Å². The number of alkyl carbamates (subject to hydrolysis) is 1. The molecule has 0 aliphatic heterocycles. The van der Waals surface area contributed by atoms with Crippen molar-refractivity contribution >= 4 is 17.8 Å². The van der Waals surface area contributed by atoms with Crippen molar-refractivity contribution in [2.75, 3.05) is 5.32 Å². The van der Waals surface area contributed by atoms with Crippen LogP contribution in [0.3, 0.4) is 0 Å². The van der Waals surface area contributed by atoms with Gasteiger partial charge in [-0.15, -0.1) is 5.10 Å². The SMILES string of the molecule is Cn1nnc(C2CC2)c1-c1ccc(NC(=O)C(NC(=O)OC(C)(C)C)C2CCCCCC2)nc1. The molecule has 2 aromatic rings. The molecule has 2 saturated carbocycles. The molecule has 2 amide bonds. The summed E-state index contributed by atoms with van der Waals surface area (Å²) in [5.74, 6) is 0.721. The molecular weight excluding hydrogens is 432 g/mol. The van der Waals surface area contributed by atoms with Gasteiger partial charge in [0.1, 0.15) is 17.5 Å². The second-order valence-corrected chi connectivity index (χ2v) is 10.5. The Morgan fingerprint density at radius 1 is 1.09 bits per heavy atom. The number of anilines is 1. The number of aryl methyl sites for hydroxylation is 1. The van der Waals surface area contributed by atoms with Crippen LogP contribution in [0.15, 0.2) is 18.3 Å². The first-order valence-corrected chi connectivity index (χ1v) is 12.4. The molecular formula is C25H36N6O3. The van der Waals surface area contributed by atoms with Crippen molar-refractivity contribution in [3.05, 3.63) is 24.0 Å². The second-order valence-electron chi connectivity index (χ2n) is 10.5. The molecule has 184 valence electrons. The first kappa shape index (κ1) is 24.2. The average molecular weight is 469 g/mol. The molecule has 9 nitrogen and oxygen atoms in total. The van der Waals surface area contributed by atoms with Crippen LogP contribution in [-0.2, 0) is 16.6 Å². The highest BCUT2D eigenvalue weighted by Gasteiger charge is 2.33. The fourth-order valence-electron chi connectivity index (χ4n) is 4.63. The fourth-order valence-corrected chi connectivity index (χ4v) is 4.63. The number of nitrogens with zero attached hydrogens (tertiary/aromatic N) is 4. The lowest BCUT2D eigenvalue weighted by molar-refractivity contribution is -0.119. The monoisotopic (exact) mass is 468 g/mol. The molecule has 0 aromatic carbocycles. The van der Waals surface area contributed by atoms with E-state index in [9.17, 15) is 9.59 Å². The van der Waals surface area contributed by atoms with Gasteiger partial charge in [-0.1, -0.05) is 30.9 Å². The Morgan fingerprint density at radius 3 is 2.38 bits per heavy atom. The van der Waals surface area contributed by atoms with Crippen LogP contribution in [0.1, 0.15) is 83.7 Å². The van der Waals surface area contributed by atoms with Crippen molar-refractivity contribution in [3.63, 3.8) is 0 Å². The molecule has 0 radical (unpaired) electrons. The predicted molar refractivity (Wildman–Crippen MR) is 129 cm³/mol. The highest BCUT2D eigenvalue weighted by Crippen LogP contribution is 2.42. The first-order chi connectivity index (χ1) is 16.2. The third-order valence-electron chi connectivity index (χ3n) is 6.43. The Balaban J connectivity index is 1.48. The van der Waals surface area contributed by atoms with Gasteiger partial charge >= 0.3 is 6.09 Å². The number of hydrogen-bond donors (Lipinski definition) is 2. The molecule has 1 unspecified atom stereocenters. The number of amides is 2. The van der Waals surface area contributed by atoms with E-state index in [-0.39, 0.29) is 11.8 Å². The normalized spacial score (nSPS) is 18.1. The lowest BCUT2D eigenvalue weighted by atomic mass is 9.91. The van der Waals surface area contributed by atoms with Gasteiger partial charge in [0.05, 0.1) is 11.4 Å². The quantitative estimate of drug-likeness (QED) is 0.602. The number of aromatic nitrogens is 4. The van der Waals surface area contributed by atoms with E-state index in [1.54, 1.807) is 16.9 Å².